The molecule has 0 fully saturated rings. The van der Waals surface area contributed by atoms with Crippen LogP contribution in [0, 0.1) is 5.92 Å². The molecule has 0 heterocycles. The Labute approximate surface area is 218 Å². The fourth-order valence-electron chi connectivity index (χ4n) is 5.22. The highest BCUT2D eigenvalue weighted by molar-refractivity contribution is 4.61. The molecule has 0 unspecified atom stereocenters. The molecule has 34 heavy (non-hydrogen) atoms. The second kappa shape index (κ2) is 29.2. The van der Waals surface area contributed by atoms with Crippen LogP contribution in [-0.4, -0.2) is 24.5 Å². The summed E-state index contributed by atoms with van der Waals surface area (Å²) in [6.07, 6.45) is 36.2. The van der Waals surface area contributed by atoms with Crippen LogP contribution in [-0.2, 0) is 0 Å². The Morgan fingerprint density at radius 1 is 0.353 bits per heavy atom. The van der Waals surface area contributed by atoms with Gasteiger partial charge in [-0.1, -0.05) is 169 Å². The van der Waals surface area contributed by atoms with Crippen molar-refractivity contribution in [1.29, 1.82) is 0 Å². The number of unbranched alkanes of at least 4 members (excludes halogenated alkanes) is 21. The van der Waals surface area contributed by atoms with Crippen molar-refractivity contribution in [3.8, 4) is 0 Å². The predicted octanol–water partition coefficient (Wildman–Crippen LogP) is 11.7. The lowest BCUT2D eigenvalue weighted by Gasteiger charge is -2.22. The molecule has 206 valence electrons. The lowest BCUT2D eigenvalue weighted by Crippen LogP contribution is -2.27. The normalized spacial score (nSPS) is 11.8. The third-order valence-corrected chi connectivity index (χ3v) is 7.66. The minimum Gasteiger partial charge on any atom is -0.303 e. The third kappa shape index (κ3) is 28.2. The van der Waals surface area contributed by atoms with Gasteiger partial charge in [-0.25, -0.2) is 0 Å². The minimum absolute atomic E-state index is 0.879. The summed E-state index contributed by atoms with van der Waals surface area (Å²) in [5.41, 5.74) is 0. The summed E-state index contributed by atoms with van der Waals surface area (Å²) in [7, 11) is 0. The van der Waals surface area contributed by atoms with E-state index >= 15 is 0 Å². The van der Waals surface area contributed by atoms with Gasteiger partial charge in [0.2, 0.25) is 0 Å². The standard InChI is InChI=1S/C33H69N/c1-5-7-9-11-13-15-17-19-22-26-30-34(32-28-24-21-25-29-33(3)4)31-27-23-20-18-16-14-12-10-8-6-2/h33H,5-32H2,1-4H3. The average Bonchev–Trinajstić information content (AvgIpc) is 2.82. The quantitative estimate of drug-likeness (QED) is 0.0964. The Balaban J connectivity index is 3.84. The molecule has 0 bridgehead atoms. The van der Waals surface area contributed by atoms with Gasteiger partial charge in [0.05, 0.1) is 0 Å². The molecule has 0 aliphatic heterocycles. The smallest absolute Gasteiger partial charge is 0.00187 e. The molecular weight excluding hydrogens is 410 g/mol. The van der Waals surface area contributed by atoms with E-state index in [1.807, 2.05) is 0 Å². The fraction of sp³-hybridized carbons (Fsp3) is 1.00. The Morgan fingerprint density at radius 2 is 0.618 bits per heavy atom. The third-order valence-electron chi connectivity index (χ3n) is 7.66. The zero-order valence-electron chi connectivity index (χ0n) is 24.8. The molecule has 0 N–H and O–H groups in total. The predicted molar refractivity (Wildman–Crippen MR) is 158 cm³/mol. The van der Waals surface area contributed by atoms with Crippen LogP contribution in [0.5, 0.6) is 0 Å². The van der Waals surface area contributed by atoms with Gasteiger partial charge >= 0.3 is 0 Å². The van der Waals surface area contributed by atoms with E-state index in [-0.39, 0.29) is 0 Å². The van der Waals surface area contributed by atoms with E-state index in [1.54, 1.807) is 0 Å². The van der Waals surface area contributed by atoms with E-state index in [0.29, 0.717) is 0 Å². The minimum atomic E-state index is 0.879. The molecule has 0 saturated heterocycles. The Kier molecular flexibility index (Phi) is 29.2. The van der Waals surface area contributed by atoms with Crippen LogP contribution >= 0.6 is 0 Å². The molecular formula is C33H69N. The summed E-state index contributed by atoms with van der Waals surface area (Å²) in [5.74, 6) is 0.879. The van der Waals surface area contributed by atoms with Crippen LogP contribution in [0.2, 0.25) is 0 Å². The van der Waals surface area contributed by atoms with Gasteiger partial charge in [0.25, 0.3) is 0 Å². The molecule has 1 heteroatoms. The van der Waals surface area contributed by atoms with Gasteiger partial charge in [0.1, 0.15) is 0 Å². The first kappa shape index (κ1) is 34.0. The molecule has 0 spiro atoms. The van der Waals surface area contributed by atoms with Gasteiger partial charge in [0.15, 0.2) is 0 Å². The summed E-state index contributed by atoms with van der Waals surface area (Å²) < 4.78 is 0. The van der Waals surface area contributed by atoms with Crippen LogP contribution in [0.15, 0.2) is 0 Å². The molecule has 0 saturated carbocycles. The number of hydrogen-bond donors (Lipinski definition) is 0. The maximum Gasteiger partial charge on any atom is -0.00187 e. The maximum atomic E-state index is 2.83. The summed E-state index contributed by atoms with van der Waals surface area (Å²) in [6, 6.07) is 0. The molecule has 0 amide bonds. The second-order valence-corrected chi connectivity index (χ2v) is 11.8. The molecule has 0 aromatic carbocycles. The average molecular weight is 480 g/mol. The van der Waals surface area contributed by atoms with Gasteiger partial charge in [-0.3, -0.25) is 0 Å². The van der Waals surface area contributed by atoms with Crippen molar-refractivity contribution in [2.75, 3.05) is 19.6 Å². The SMILES string of the molecule is CCCCCCCCCCCCN(CCCCCCCCCCCC)CCCCCCC(C)C. The van der Waals surface area contributed by atoms with Gasteiger partial charge < -0.3 is 4.90 Å². The van der Waals surface area contributed by atoms with Crippen molar-refractivity contribution >= 4 is 0 Å². The number of rotatable bonds is 29. The van der Waals surface area contributed by atoms with E-state index in [1.165, 1.54) is 180 Å². The monoisotopic (exact) mass is 480 g/mol. The topological polar surface area (TPSA) is 3.24 Å². The fourth-order valence-corrected chi connectivity index (χ4v) is 5.22. The summed E-state index contributed by atoms with van der Waals surface area (Å²) >= 11 is 0. The second-order valence-electron chi connectivity index (χ2n) is 11.8. The maximum absolute atomic E-state index is 2.83. The largest absolute Gasteiger partial charge is 0.303 e. The van der Waals surface area contributed by atoms with Crippen LogP contribution in [0.1, 0.15) is 188 Å². The van der Waals surface area contributed by atoms with Crippen LogP contribution in [0.25, 0.3) is 0 Å². The van der Waals surface area contributed by atoms with Crippen molar-refractivity contribution in [2.24, 2.45) is 5.92 Å². The van der Waals surface area contributed by atoms with E-state index < -0.39 is 0 Å². The molecule has 0 aliphatic carbocycles. The van der Waals surface area contributed by atoms with Crippen LogP contribution in [0.4, 0.5) is 0 Å². The van der Waals surface area contributed by atoms with Gasteiger partial charge in [-0.15, -0.1) is 0 Å². The molecule has 0 aromatic rings. The molecule has 0 atom stereocenters. The van der Waals surface area contributed by atoms with E-state index in [9.17, 15) is 0 Å². The van der Waals surface area contributed by atoms with Gasteiger partial charge in [-0.05, 0) is 44.8 Å². The van der Waals surface area contributed by atoms with Gasteiger partial charge in [-0.2, -0.15) is 0 Å². The first-order chi connectivity index (χ1) is 16.7. The van der Waals surface area contributed by atoms with Crippen molar-refractivity contribution in [2.45, 2.75) is 188 Å². The van der Waals surface area contributed by atoms with E-state index in [0.717, 1.165) is 5.92 Å². The highest BCUT2D eigenvalue weighted by atomic mass is 15.1. The summed E-state index contributed by atoms with van der Waals surface area (Å²) in [4.78, 5) is 2.83. The molecule has 0 rings (SSSR count). The Morgan fingerprint density at radius 3 is 0.912 bits per heavy atom. The molecule has 1 nitrogen and oxygen atoms in total. The number of hydrogen-bond acceptors (Lipinski definition) is 1. The lowest BCUT2D eigenvalue weighted by molar-refractivity contribution is 0.253. The van der Waals surface area contributed by atoms with Crippen LogP contribution < -0.4 is 0 Å². The van der Waals surface area contributed by atoms with Gasteiger partial charge in [0, 0.05) is 0 Å². The van der Waals surface area contributed by atoms with Crippen molar-refractivity contribution in [3.05, 3.63) is 0 Å². The summed E-state index contributed by atoms with van der Waals surface area (Å²) in [5, 5.41) is 0. The summed E-state index contributed by atoms with van der Waals surface area (Å²) in [6.45, 7) is 13.4. The van der Waals surface area contributed by atoms with Crippen molar-refractivity contribution in [1.82, 2.24) is 4.90 Å². The molecule has 0 aromatic heterocycles. The first-order valence-corrected chi connectivity index (χ1v) is 16.4. The van der Waals surface area contributed by atoms with Crippen LogP contribution in [0.3, 0.4) is 0 Å². The highest BCUT2D eigenvalue weighted by Gasteiger charge is 2.05. The molecule has 0 radical (unpaired) electrons. The zero-order valence-corrected chi connectivity index (χ0v) is 24.8. The highest BCUT2D eigenvalue weighted by Crippen LogP contribution is 2.14. The molecule has 0 aliphatic rings. The van der Waals surface area contributed by atoms with Crippen molar-refractivity contribution < 1.29 is 0 Å². The first-order valence-electron chi connectivity index (χ1n) is 16.4. The van der Waals surface area contributed by atoms with E-state index in [4.69, 9.17) is 0 Å². The van der Waals surface area contributed by atoms with E-state index in [2.05, 4.69) is 32.6 Å². The number of nitrogens with zero attached hydrogens (tertiary/aromatic N) is 1. The lowest BCUT2D eigenvalue weighted by atomic mass is 10.0. The Bertz CT molecular complexity index is 326. The Hall–Kier alpha value is -0.0400. The van der Waals surface area contributed by atoms with Crippen molar-refractivity contribution in [3.63, 3.8) is 0 Å². The zero-order chi connectivity index (χ0) is 25.0.